The normalized spacial score (nSPS) is 16.5. The Labute approximate surface area is 116 Å². The maximum absolute atomic E-state index is 12.0. The van der Waals surface area contributed by atoms with Crippen LogP contribution in [0.25, 0.3) is 0 Å². The van der Waals surface area contributed by atoms with E-state index >= 15 is 0 Å². The predicted octanol–water partition coefficient (Wildman–Crippen LogP) is 3.49. The molecule has 1 N–H and O–H groups in total. The molecule has 0 aliphatic heterocycles. The fourth-order valence-corrected chi connectivity index (χ4v) is 2.12. The number of esters is 1. The van der Waals surface area contributed by atoms with Crippen molar-refractivity contribution in [1.82, 2.24) is 0 Å². The Balaban J connectivity index is 4.70. The van der Waals surface area contributed by atoms with Crippen molar-refractivity contribution < 1.29 is 19.4 Å². The Bertz CT molecular complexity index is 304. The average molecular weight is 272 g/mol. The van der Waals surface area contributed by atoms with Crippen LogP contribution in [0.2, 0.25) is 0 Å². The molecule has 0 aliphatic carbocycles. The van der Waals surface area contributed by atoms with Gasteiger partial charge in [0.15, 0.2) is 0 Å². The molecule has 0 aromatic rings. The van der Waals surface area contributed by atoms with Crippen LogP contribution in [-0.2, 0) is 14.3 Å². The number of carbonyl (C=O) groups is 2. The monoisotopic (exact) mass is 272 g/mol. The summed E-state index contributed by atoms with van der Waals surface area (Å²) < 4.78 is 5.27. The zero-order chi connectivity index (χ0) is 15.2. The van der Waals surface area contributed by atoms with Crippen molar-refractivity contribution in [2.45, 2.75) is 66.4 Å². The lowest BCUT2D eigenvalue weighted by Crippen LogP contribution is -2.34. The van der Waals surface area contributed by atoms with E-state index in [1.807, 2.05) is 6.92 Å². The molecule has 0 aromatic heterocycles. The Kier molecular flexibility index (Phi) is 7.09. The lowest BCUT2D eigenvalue weighted by atomic mass is 9.84. The molecule has 0 bridgehead atoms. The van der Waals surface area contributed by atoms with Gasteiger partial charge in [0.2, 0.25) is 0 Å². The second-order valence-electron chi connectivity index (χ2n) is 6.40. The van der Waals surface area contributed by atoms with E-state index in [9.17, 15) is 14.7 Å². The highest BCUT2D eigenvalue weighted by atomic mass is 16.6. The molecule has 0 spiro atoms. The van der Waals surface area contributed by atoms with Gasteiger partial charge in [0.25, 0.3) is 0 Å². The van der Waals surface area contributed by atoms with E-state index in [1.165, 1.54) is 0 Å². The molecule has 0 rings (SSSR count). The predicted molar refractivity (Wildman–Crippen MR) is 74.8 cm³/mol. The van der Waals surface area contributed by atoms with Gasteiger partial charge in [0.1, 0.15) is 5.60 Å². The zero-order valence-electron chi connectivity index (χ0n) is 13.0. The highest BCUT2D eigenvalue weighted by Crippen LogP contribution is 2.26. The molecular weight excluding hydrogens is 244 g/mol. The van der Waals surface area contributed by atoms with Gasteiger partial charge in [0, 0.05) is 0 Å². The number of carboxylic acids is 1. The molecule has 0 aromatic carbocycles. The minimum atomic E-state index is -0.915. The fourth-order valence-electron chi connectivity index (χ4n) is 2.12. The van der Waals surface area contributed by atoms with E-state index < -0.39 is 29.4 Å². The lowest BCUT2D eigenvalue weighted by Gasteiger charge is -2.26. The number of ether oxygens (including phenoxy) is 1. The molecule has 1 unspecified atom stereocenters. The summed E-state index contributed by atoms with van der Waals surface area (Å²) in [6.07, 6.45) is 2.52. The van der Waals surface area contributed by atoms with Gasteiger partial charge in [-0.1, -0.05) is 33.6 Å². The summed E-state index contributed by atoms with van der Waals surface area (Å²) in [5.74, 6) is -2.33. The van der Waals surface area contributed by atoms with Crippen molar-refractivity contribution in [3.05, 3.63) is 0 Å². The topological polar surface area (TPSA) is 63.6 Å². The van der Waals surface area contributed by atoms with Crippen LogP contribution < -0.4 is 0 Å². The summed E-state index contributed by atoms with van der Waals surface area (Å²) >= 11 is 0. The molecule has 4 nitrogen and oxygen atoms in total. The smallest absolute Gasteiger partial charge is 0.310 e. The highest BCUT2D eigenvalue weighted by molar-refractivity contribution is 5.81. The summed E-state index contributed by atoms with van der Waals surface area (Å²) in [5, 5.41) is 9.30. The first-order chi connectivity index (χ1) is 8.58. The molecular formula is C15H28O4. The minimum Gasteiger partial charge on any atom is -0.481 e. The largest absolute Gasteiger partial charge is 0.481 e. The second kappa shape index (κ2) is 7.51. The van der Waals surface area contributed by atoms with Crippen LogP contribution in [0.1, 0.15) is 60.8 Å². The van der Waals surface area contributed by atoms with Crippen LogP contribution in [0.3, 0.4) is 0 Å². The maximum atomic E-state index is 12.0. The number of carbonyl (C=O) groups excluding carboxylic acids is 1. The van der Waals surface area contributed by atoms with Crippen LogP contribution in [-0.4, -0.2) is 22.6 Å². The van der Waals surface area contributed by atoms with E-state index in [2.05, 4.69) is 6.92 Å². The van der Waals surface area contributed by atoms with Crippen LogP contribution in [0.5, 0.6) is 0 Å². The summed E-state index contributed by atoms with van der Waals surface area (Å²) in [6, 6.07) is 0. The molecule has 112 valence electrons. The van der Waals surface area contributed by atoms with Gasteiger partial charge < -0.3 is 9.84 Å². The number of carboxylic acid groups (broad SMARTS) is 1. The Hall–Kier alpha value is -1.06. The molecule has 0 fully saturated rings. The standard InChI is InChI=1S/C15H28O4/c1-7-8-10(2)9-12(13(16)17)11(3)14(18)19-15(4,5)6/h10-12H,7-9H2,1-6H3,(H,16,17)/t10?,11-,12+/m0/s1. The van der Waals surface area contributed by atoms with Gasteiger partial charge in [0.05, 0.1) is 11.8 Å². The Morgan fingerprint density at radius 1 is 1.21 bits per heavy atom. The second-order valence-corrected chi connectivity index (χ2v) is 6.40. The molecule has 19 heavy (non-hydrogen) atoms. The first kappa shape index (κ1) is 17.9. The van der Waals surface area contributed by atoms with Gasteiger partial charge >= 0.3 is 11.9 Å². The highest BCUT2D eigenvalue weighted by Gasteiger charge is 2.33. The summed E-state index contributed by atoms with van der Waals surface area (Å²) in [7, 11) is 0. The molecule has 0 saturated carbocycles. The molecule has 0 saturated heterocycles. The number of rotatable bonds is 7. The summed E-state index contributed by atoms with van der Waals surface area (Å²) in [5.41, 5.74) is -0.580. The first-order valence-corrected chi connectivity index (χ1v) is 7.04. The number of aliphatic carboxylic acids is 1. The van der Waals surface area contributed by atoms with E-state index in [-0.39, 0.29) is 0 Å². The molecule has 0 heterocycles. The Morgan fingerprint density at radius 2 is 1.74 bits per heavy atom. The molecule has 0 radical (unpaired) electrons. The first-order valence-electron chi connectivity index (χ1n) is 7.04. The third kappa shape index (κ3) is 7.19. The SMILES string of the molecule is CCCC(C)C[C@@H](C(=O)O)[C@H](C)C(=O)OC(C)(C)C. The Morgan fingerprint density at radius 3 is 2.11 bits per heavy atom. The number of hydrogen-bond donors (Lipinski definition) is 1. The van der Waals surface area contributed by atoms with Gasteiger partial charge in [-0.05, 0) is 33.1 Å². The maximum Gasteiger partial charge on any atom is 0.310 e. The van der Waals surface area contributed by atoms with E-state index in [4.69, 9.17) is 4.74 Å². The van der Waals surface area contributed by atoms with Gasteiger partial charge in [-0.3, -0.25) is 9.59 Å². The van der Waals surface area contributed by atoms with Crippen LogP contribution in [0.4, 0.5) is 0 Å². The van der Waals surface area contributed by atoms with Crippen LogP contribution in [0.15, 0.2) is 0 Å². The number of hydrogen-bond acceptors (Lipinski definition) is 3. The third-order valence-corrected chi connectivity index (χ3v) is 3.14. The molecule has 4 heteroatoms. The van der Waals surface area contributed by atoms with Gasteiger partial charge in [-0.15, -0.1) is 0 Å². The van der Waals surface area contributed by atoms with Crippen LogP contribution >= 0.6 is 0 Å². The minimum absolute atomic E-state index is 0.302. The molecule has 0 amide bonds. The lowest BCUT2D eigenvalue weighted by molar-refractivity contribution is -0.166. The van der Waals surface area contributed by atoms with Crippen molar-refractivity contribution in [2.24, 2.45) is 17.8 Å². The van der Waals surface area contributed by atoms with Gasteiger partial charge in [-0.25, -0.2) is 0 Å². The van der Waals surface area contributed by atoms with E-state index in [1.54, 1.807) is 27.7 Å². The van der Waals surface area contributed by atoms with E-state index in [0.29, 0.717) is 12.3 Å². The van der Waals surface area contributed by atoms with Crippen molar-refractivity contribution in [3.63, 3.8) is 0 Å². The van der Waals surface area contributed by atoms with Crippen molar-refractivity contribution in [3.8, 4) is 0 Å². The molecule has 3 atom stereocenters. The van der Waals surface area contributed by atoms with Crippen molar-refractivity contribution in [1.29, 1.82) is 0 Å². The molecule has 0 aliphatic rings. The zero-order valence-corrected chi connectivity index (χ0v) is 13.0. The quantitative estimate of drug-likeness (QED) is 0.720. The van der Waals surface area contributed by atoms with Gasteiger partial charge in [-0.2, -0.15) is 0 Å². The fraction of sp³-hybridized carbons (Fsp3) is 0.867. The van der Waals surface area contributed by atoms with E-state index in [0.717, 1.165) is 12.8 Å². The van der Waals surface area contributed by atoms with Crippen molar-refractivity contribution in [2.75, 3.05) is 0 Å². The summed E-state index contributed by atoms with van der Waals surface area (Å²) in [4.78, 5) is 23.3. The third-order valence-electron chi connectivity index (χ3n) is 3.14. The average Bonchev–Trinajstić information content (AvgIpc) is 2.22. The van der Waals surface area contributed by atoms with Crippen LogP contribution in [0, 0.1) is 17.8 Å². The summed E-state index contributed by atoms with van der Waals surface area (Å²) in [6.45, 7) is 11.1. The van der Waals surface area contributed by atoms with Crippen molar-refractivity contribution >= 4 is 11.9 Å².